The summed E-state index contributed by atoms with van der Waals surface area (Å²) in [5.41, 5.74) is 5.92. The summed E-state index contributed by atoms with van der Waals surface area (Å²) in [6.07, 6.45) is 16.8. The molecule has 8 unspecified atom stereocenters. The molecule has 4 fully saturated rings. The molecule has 4 bridgehead atoms. The highest BCUT2D eigenvalue weighted by molar-refractivity contribution is 5.26. The summed E-state index contributed by atoms with van der Waals surface area (Å²) in [5, 5.41) is 0. The predicted molar refractivity (Wildman–Crippen MR) is 129 cm³/mol. The van der Waals surface area contributed by atoms with Crippen molar-refractivity contribution in [2.75, 3.05) is 0 Å². The van der Waals surface area contributed by atoms with Crippen LogP contribution >= 0.6 is 0 Å². The Morgan fingerprint density at radius 2 is 1.00 bits per heavy atom. The highest BCUT2D eigenvalue weighted by Crippen LogP contribution is 2.72. The normalized spacial score (nSPS) is 51.5. The molecule has 0 radical (unpaired) electrons. The maximum Gasteiger partial charge on any atom is -0.0146 e. The van der Waals surface area contributed by atoms with Gasteiger partial charge in [0.05, 0.1) is 0 Å². The fraction of sp³-hybridized carbons (Fsp3) is 0.867. The van der Waals surface area contributed by atoms with Gasteiger partial charge in [-0.05, 0) is 122 Å². The first-order valence-corrected chi connectivity index (χ1v) is 13.3. The first kappa shape index (κ1) is 21.3. The zero-order chi connectivity index (χ0) is 21.7. The molecule has 8 atom stereocenters. The summed E-state index contributed by atoms with van der Waals surface area (Å²) < 4.78 is 0. The lowest BCUT2D eigenvalue weighted by Crippen LogP contribution is -2.30. The van der Waals surface area contributed by atoms with E-state index in [0.717, 1.165) is 35.5 Å². The van der Waals surface area contributed by atoms with Gasteiger partial charge in [-0.25, -0.2) is 0 Å². The van der Waals surface area contributed by atoms with Gasteiger partial charge in [0, 0.05) is 0 Å². The van der Waals surface area contributed by atoms with Crippen molar-refractivity contribution in [2.45, 2.75) is 107 Å². The zero-order valence-corrected chi connectivity index (χ0v) is 21.3. The van der Waals surface area contributed by atoms with Crippen LogP contribution in [-0.4, -0.2) is 0 Å². The van der Waals surface area contributed by atoms with Crippen molar-refractivity contribution >= 4 is 0 Å². The molecule has 0 amide bonds. The van der Waals surface area contributed by atoms with Gasteiger partial charge < -0.3 is 0 Å². The van der Waals surface area contributed by atoms with Crippen molar-refractivity contribution < 1.29 is 0 Å². The molecule has 6 aliphatic carbocycles. The smallest absolute Gasteiger partial charge is 0.0146 e. The molecule has 4 saturated carbocycles. The highest BCUT2D eigenvalue weighted by atomic mass is 14.7. The van der Waals surface area contributed by atoms with Crippen molar-refractivity contribution in [1.82, 2.24) is 0 Å². The number of rotatable bonds is 0. The third-order valence-electron chi connectivity index (χ3n) is 12.6. The second-order valence-corrected chi connectivity index (χ2v) is 14.0. The van der Waals surface area contributed by atoms with E-state index < -0.39 is 0 Å². The summed E-state index contributed by atoms with van der Waals surface area (Å²) >= 11 is 0. The number of hydrogen-bond donors (Lipinski definition) is 0. The molecule has 0 aromatic heterocycles. The van der Waals surface area contributed by atoms with Crippen LogP contribution in [-0.2, 0) is 0 Å². The Morgan fingerprint density at radius 1 is 0.633 bits per heavy atom. The average Bonchev–Trinajstić information content (AvgIpc) is 3.29. The molecule has 0 aliphatic heterocycles. The molecule has 30 heavy (non-hydrogen) atoms. The Bertz CT molecular complexity index is 712. The van der Waals surface area contributed by atoms with Gasteiger partial charge in [0.1, 0.15) is 0 Å². The van der Waals surface area contributed by atoms with E-state index in [1.165, 1.54) is 51.4 Å². The highest BCUT2D eigenvalue weighted by Gasteiger charge is 2.64. The Balaban J connectivity index is 0.000000128. The minimum Gasteiger partial charge on any atom is -0.0847 e. The molecule has 2 spiro atoms. The average molecular weight is 409 g/mol. The third-order valence-corrected chi connectivity index (χ3v) is 12.6. The van der Waals surface area contributed by atoms with E-state index in [1.807, 2.05) is 0 Å². The summed E-state index contributed by atoms with van der Waals surface area (Å²) in [4.78, 5) is 0. The topological polar surface area (TPSA) is 0 Å². The maximum absolute atomic E-state index is 2.57. The van der Waals surface area contributed by atoms with Gasteiger partial charge in [-0.3, -0.25) is 0 Å². The van der Waals surface area contributed by atoms with Crippen LogP contribution in [0.2, 0.25) is 0 Å². The van der Waals surface area contributed by atoms with Crippen LogP contribution in [0.25, 0.3) is 0 Å². The molecule has 0 heterocycles. The molecular formula is C30H48. The first-order chi connectivity index (χ1) is 14.0. The fourth-order valence-corrected chi connectivity index (χ4v) is 10.7. The number of hydrogen-bond acceptors (Lipinski definition) is 0. The fourth-order valence-electron chi connectivity index (χ4n) is 10.7. The lowest BCUT2D eigenvalue weighted by molar-refractivity contribution is 0.128. The van der Waals surface area contributed by atoms with Crippen LogP contribution in [0.3, 0.4) is 0 Å². The Kier molecular flexibility index (Phi) is 4.63. The van der Waals surface area contributed by atoms with Crippen LogP contribution in [0.4, 0.5) is 0 Å². The monoisotopic (exact) mass is 408 g/mol. The van der Waals surface area contributed by atoms with E-state index in [4.69, 9.17) is 0 Å². The van der Waals surface area contributed by atoms with Crippen molar-refractivity contribution in [2.24, 2.45) is 57.2 Å². The van der Waals surface area contributed by atoms with Crippen molar-refractivity contribution in [3.63, 3.8) is 0 Å². The molecule has 0 aromatic carbocycles. The molecule has 0 aromatic rings. The maximum atomic E-state index is 2.57. The Labute approximate surface area is 187 Å². The molecular weight excluding hydrogens is 360 g/mol. The van der Waals surface area contributed by atoms with Crippen molar-refractivity contribution in [1.29, 1.82) is 0 Å². The van der Waals surface area contributed by atoms with Gasteiger partial charge >= 0.3 is 0 Å². The van der Waals surface area contributed by atoms with Crippen LogP contribution in [0.15, 0.2) is 23.3 Å². The number of fused-ring (bicyclic) bond motifs is 2. The SMILES string of the molecule is CC1=CCC23CC1C(C)(C)C2CCC3C.CC1=CCC23CC1C(C)(C)C2CCC3C. The second-order valence-electron chi connectivity index (χ2n) is 14.0. The van der Waals surface area contributed by atoms with E-state index in [9.17, 15) is 0 Å². The third kappa shape index (κ3) is 2.52. The summed E-state index contributed by atoms with van der Waals surface area (Å²) in [6, 6.07) is 0. The minimum absolute atomic E-state index is 0.571. The van der Waals surface area contributed by atoms with E-state index in [0.29, 0.717) is 21.7 Å². The van der Waals surface area contributed by atoms with E-state index in [-0.39, 0.29) is 0 Å². The van der Waals surface area contributed by atoms with Gasteiger partial charge in [-0.15, -0.1) is 0 Å². The van der Waals surface area contributed by atoms with Gasteiger partial charge in [0.15, 0.2) is 0 Å². The zero-order valence-electron chi connectivity index (χ0n) is 21.3. The summed E-state index contributed by atoms with van der Waals surface area (Å²) in [7, 11) is 0. The number of allylic oxidation sites excluding steroid dienone is 4. The van der Waals surface area contributed by atoms with E-state index >= 15 is 0 Å². The first-order valence-electron chi connectivity index (χ1n) is 13.3. The second kappa shape index (κ2) is 6.51. The molecule has 6 aliphatic rings. The van der Waals surface area contributed by atoms with E-state index in [2.05, 4.69) is 67.5 Å². The van der Waals surface area contributed by atoms with Gasteiger partial charge in [-0.1, -0.05) is 64.8 Å². The largest absolute Gasteiger partial charge is 0.0847 e. The van der Waals surface area contributed by atoms with Crippen LogP contribution in [0.5, 0.6) is 0 Å². The van der Waals surface area contributed by atoms with Gasteiger partial charge in [0.25, 0.3) is 0 Å². The van der Waals surface area contributed by atoms with Gasteiger partial charge in [0.2, 0.25) is 0 Å². The molecule has 0 saturated heterocycles. The lowest BCUT2D eigenvalue weighted by Gasteiger charge is -2.36. The molecule has 168 valence electrons. The van der Waals surface area contributed by atoms with Crippen molar-refractivity contribution in [3.8, 4) is 0 Å². The van der Waals surface area contributed by atoms with Crippen molar-refractivity contribution in [3.05, 3.63) is 23.3 Å². The summed E-state index contributed by atoms with van der Waals surface area (Å²) in [6.45, 7) is 19.9. The van der Waals surface area contributed by atoms with Crippen LogP contribution < -0.4 is 0 Å². The predicted octanol–water partition coefficient (Wildman–Crippen LogP) is 8.83. The minimum atomic E-state index is 0.571. The quantitative estimate of drug-likeness (QED) is 0.351. The lowest BCUT2D eigenvalue weighted by atomic mass is 9.68. The Morgan fingerprint density at radius 3 is 1.37 bits per heavy atom. The Hall–Kier alpha value is -0.520. The molecule has 0 nitrogen and oxygen atoms in total. The van der Waals surface area contributed by atoms with Crippen LogP contribution in [0, 0.1) is 57.2 Å². The standard InChI is InChI=1S/2C15H24/c2*1-10-7-8-15-9-12(10)14(3,4)13(15)6-5-11(15)2/h2*7,11-13H,5-6,8-9H2,1-4H3. The van der Waals surface area contributed by atoms with Gasteiger partial charge in [-0.2, -0.15) is 0 Å². The summed E-state index contributed by atoms with van der Waals surface area (Å²) in [5.74, 6) is 5.71. The molecule has 6 rings (SSSR count). The van der Waals surface area contributed by atoms with E-state index in [1.54, 1.807) is 11.1 Å². The molecule has 0 heteroatoms. The molecule has 0 N–H and O–H groups in total. The van der Waals surface area contributed by atoms with Crippen LogP contribution in [0.1, 0.15) is 107 Å².